The summed E-state index contributed by atoms with van der Waals surface area (Å²) in [5, 5.41) is 2.64. The largest absolute Gasteiger partial charge is 0.493 e. The van der Waals surface area contributed by atoms with Gasteiger partial charge in [-0.2, -0.15) is 0 Å². The first-order chi connectivity index (χ1) is 15.7. The lowest BCUT2D eigenvalue weighted by Crippen LogP contribution is -2.48. The van der Waals surface area contributed by atoms with Crippen LogP contribution >= 0.6 is 0 Å². The molecule has 2 N–H and O–H groups in total. The number of sulfonamides is 1. The number of hydrogen-bond acceptors (Lipinski definition) is 6. The normalized spacial score (nSPS) is 16.1. The van der Waals surface area contributed by atoms with Crippen LogP contribution in [0.2, 0.25) is 0 Å². The van der Waals surface area contributed by atoms with Crippen LogP contribution in [0.5, 0.6) is 5.75 Å². The highest BCUT2D eigenvalue weighted by Gasteiger charge is 2.25. The predicted octanol–water partition coefficient (Wildman–Crippen LogP) is 1.91. The Kier molecular flexibility index (Phi) is 6.57. The van der Waals surface area contributed by atoms with Gasteiger partial charge in [-0.05, 0) is 35.4 Å². The summed E-state index contributed by atoms with van der Waals surface area (Å²) in [6, 6.07) is 10.9. The Bertz CT molecular complexity index is 1170. The molecule has 0 saturated carbocycles. The lowest BCUT2D eigenvalue weighted by atomic mass is 10.1. The summed E-state index contributed by atoms with van der Waals surface area (Å²) in [7, 11) is -3.57. The molecule has 4 rings (SSSR count). The van der Waals surface area contributed by atoms with E-state index in [1.165, 1.54) is 30.2 Å². The van der Waals surface area contributed by atoms with E-state index in [0.29, 0.717) is 31.9 Å². The average molecular weight is 473 g/mol. The SMILES string of the molecule is CC(=O)Nc1ccc(NS(C)(=O)=O)c(C(=O)N2CCN(Cc3ccc4c(c3)CCO4)CC2)c1. The molecule has 10 heteroatoms. The van der Waals surface area contributed by atoms with Crippen LogP contribution < -0.4 is 14.8 Å². The van der Waals surface area contributed by atoms with Crippen LogP contribution in [0.3, 0.4) is 0 Å². The number of nitrogens with one attached hydrogen (secondary N) is 2. The molecule has 2 heterocycles. The van der Waals surface area contributed by atoms with Crippen molar-refractivity contribution in [1.29, 1.82) is 0 Å². The van der Waals surface area contributed by atoms with Gasteiger partial charge in [0.1, 0.15) is 5.75 Å². The number of piperazine rings is 1. The van der Waals surface area contributed by atoms with Gasteiger partial charge in [0.05, 0.1) is 24.1 Å². The zero-order chi connectivity index (χ0) is 23.6. The third-order valence-corrected chi connectivity index (χ3v) is 6.28. The number of anilines is 2. The van der Waals surface area contributed by atoms with Crippen molar-refractivity contribution in [2.45, 2.75) is 19.9 Å². The highest BCUT2D eigenvalue weighted by Crippen LogP contribution is 2.27. The summed E-state index contributed by atoms with van der Waals surface area (Å²) in [6.07, 6.45) is 1.97. The highest BCUT2D eigenvalue weighted by atomic mass is 32.2. The van der Waals surface area contributed by atoms with Crippen molar-refractivity contribution in [3.05, 3.63) is 53.1 Å². The zero-order valence-electron chi connectivity index (χ0n) is 18.8. The predicted molar refractivity (Wildman–Crippen MR) is 126 cm³/mol. The zero-order valence-corrected chi connectivity index (χ0v) is 19.6. The summed E-state index contributed by atoms with van der Waals surface area (Å²) < 4.78 is 31.5. The van der Waals surface area contributed by atoms with Crippen LogP contribution in [0.15, 0.2) is 36.4 Å². The van der Waals surface area contributed by atoms with Crippen molar-refractivity contribution in [3.8, 4) is 5.75 Å². The third kappa shape index (κ3) is 5.82. The molecule has 2 amide bonds. The fourth-order valence-corrected chi connectivity index (χ4v) is 4.74. The van der Waals surface area contributed by atoms with Gasteiger partial charge in [0, 0.05) is 51.8 Å². The van der Waals surface area contributed by atoms with E-state index in [1.807, 2.05) is 6.07 Å². The minimum atomic E-state index is -3.57. The molecule has 0 radical (unpaired) electrons. The molecule has 1 saturated heterocycles. The van der Waals surface area contributed by atoms with Crippen molar-refractivity contribution in [2.75, 3.05) is 49.1 Å². The van der Waals surface area contributed by atoms with Crippen molar-refractivity contribution < 1.29 is 22.7 Å². The Morgan fingerprint density at radius 1 is 1.06 bits per heavy atom. The number of carbonyl (C=O) groups excluding carboxylic acids is 2. The second kappa shape index (κ2) is 9.40. The van der Waals surface area contributed by atoms with Crippen LogP contribution in [-0.4, -0.2) is 69.1 Å². The molecular formula is C23H28N4O5S. The molecular weight excluding hydrogens is 444 g/mol. The smallest absolute Gasteiger partial charge is 0.256 e. The van der Waals surface area contributed by atoms with Gasteiger partial charge in [-0.1, -0.05) is 12.1 Å². The van der Waals surface area contributed by atoms with Gasteiger partial charge >= 0.3 is 0 Å². The number of hydrogen-bond donors (Lipinski definition) is 2. The van der Waals surface area contributed by atoms with Crippen LogP contribution in [0.4, 0.5) is 11.4 Å². The third-order valence-electron chi connectivity index (χ3n) is 5.69. The van der Waals surface area contributed by atoms with Gasteiger partial charge in [-0.25, -0.2) is 8.42 Å². The quantitative estimate of drug-likeness (QED) is 0.665. The van der Waals surface area contributed by atoms with E-state index in [9.17, 15) is 18.0 Å². The average Bonchev–Trinajstić information content (AvgIpc) is 3.21. The first-order valence-corrected chi connectivity index (χ1v) is 12.7. The van der Waals surface area contributed by atoms with Crippen LogP contribution in [0, 0.1) is 0 Å². The molecule has 33 heavy (non-hydrogen) atoms. The Morgan fingerprint density at radius 3 is 2.52 bits per heavy atom. The van der Waals surface area contributed by atoms with E-state index in [4.69, 9.17) is 4.74 Å². The molecule has 2 aromatic carbocycles. The summed E-state index contributed by atoms with van der Waals surface area (Å²) in [5.74, 6) is 0.417. The Labute approximate surface area is 193 Å². The maximum Gasteiger partial charge on any atom is 0.256 e. The van der Waals surface area contributed by atoms with E-state index >= 15 is 0 Å². The Balaban J connectivity index is 1.44. The molecule has 0 aliphatic carbocycles. The minimum absolute atomic E-state index is 0.194. The second-order valence-corrected chi connectivity index (χ2v) is 10.2. The van der Waals surface area contributed by atoms with Gasteiger partial charge in [0.2, 0.25) is 15.9 Å². The summed E-state index contributed by atoms with van der Waals surface area (Å²) >= 11 is 0. The topological polar surface area (TPSA) is 108 Å². The Morgan fingerprint density at radius 2 is 1.82 bits per heavy atom. The first kappa shape index (κ1) is 23.1. The van der Waals surface area contributed by atoms with Gasteiger partial charge in [0.15, 0.2) is 0 Å². The van der Waals surface area contributed by atoms with Gasteiger partial charge in [0.25, 0.3) is 5.91 Å². The van der Waals surface area contributed by atoms with E-state index in [-0.39, 0.29) is 23.1 Å². The highest BCUT2D eigenvalue weighted by molar-refractivity contribution is 7.92. The number of nitrogens with zero attached hydrogens (tertiary/aromatic N) is 2. The molecule has 0 spiro atoms. The number of carbonyl (C=O) groups is 2. The summed E-state index contributed by atoms with van der Waals surface area (Å²) in [4.78, 5) is 28.7. The van der Waals surface area contributed by atoms with E-state index < -0.39 is 10.0 Å². The number of amides is 2. The summed E-state index contributed by atoms with van der Waals surface area (Å²) in [6.45, 7) is 5.37. The maximum atomic E-state index is 13.3. The Hall–Kier alpha value is -3.11. The van der Waals surface area contributed by atoms with Crippen molar-refractivity contribution >= 4 is 33.2 Å². The fraction of sp³-hybridized carbons (Fsp3) is 0.391. The van der Waals surface area contributed by atoms with Gasteiger partial charge < -0.3 is 15.0 Å². The van der Waals surface area contributed by atoms with Gasteiger partial charge in [-0.15, -0.1) is 0 Å². The van der Waals surface area contributed by atoms with Crippen LogP contribution in [-0.2, 0) is 27.8 Å². The molecule has 0 bridgehead atoms. The molecule has 2 aliphatic rings. The minimum Gasteiger partial charge on any atom is -0.493 e. The number of benzene rings is 2. The standard InChI is InChI=1S/C23H28N4O5S/c1-16(28)24-19-4-5-21(25-33(2,30)31)20(14-19)23(29)27-10-8-26(9-11-27)15-17-3-6-22-18(13-17)7-12-32-22/h3-6,13-14,25H,7-12,15H2,1-2H3,(H,24,28). The number of ether oxygens (including phenoxy) is 1. The molecule has 0 atom stereocenters. The lowest BCUT2D eigenvalue weighted by Gasteiger charge is -2.35. The van der Waals surface area contributed by atoms with E-state index in [1.54, 1.807) is 11.0 Å². The molecule has 176 valence electrons. The molecule has 0 aromatic heterocycles. The number of fused-ring (bicyclic) bond motifs is 1. The molecule has 2 aromatic rings. The van der Waals surface area contributed by atoms with Gasteiger partial charge in [-0.3, -0.25) is 19.2 Å². The molecule has 2 aliphatic heterocycles. The monoisotopic (exact) mass is 472 g/mol. The maximum absolute atomic E-state index is 13.3. The van der Waals surface area contributed by atoms with Crippen molar-refractivity contribution in [2.24, 2.45) is 0 Å². The molecule has 1 fully saturated rings. The first-order valence-electron chi connectivity index (χ1n) is 10.8. The molecule has 0 unspecified atom stereocenters. The molecule has 9 nitrogen and oxygen atoms in total. The van der Waals surface area contributed by atoms with Crippen molar-refractivity contribution in [3.63, 3.8) is 0 Å². The van der Waals surface area contributed by atoms with Crippen LogP contribution in [0.25, 0.3) is 0 Å². The number of rotatable bonds is 6. The lowest BCUT2D eigenvalue weighted by molar-refractivity contribution is -0.114. The van der Waals surface area contributed by atoms with Crippen LogP contribution in [0.1, 0.15) is 28.4 Å². The van der Waals surface area contributed by atoms with E-state index in [0.717, 1.165) is 31.6 Å². The fourth-order valence-electron chi connectivity index (χ4n) is 4.17. The van der Waals surface area contributed by atoms with Crippen molar-refractivity contribution in [1.82, 2.24) is 9.80 Å². The summed E-state index contributed by atoms with van der Waals surface area (Å²) in [5.41, 5.74) is 3.30. The second-order valence-electron chi connectivity index (χ2n) is 8.42. The van der Waals surface area contributed by atoms with E-state index in [2.05, 4.69) is 27.1 Å².